The van der Waals surface area contributed by atoms with Crippen molar-refractivity contribution in [3.8, 4) is 22.6 Å². The quantitative estimate of drug-likeness (QED) is 0.412. The number of imide groups is 1. The second kappa shape index (κ2) is 8.63. The molecule has 1 aromatic carbocycles. The van der Waals surface area contributed by atoms with Gasteiger partial charge in [-0.25, -0.2) is 34.6 Å². The normalized spacial score (nSPS) is 20.1. The zero-order valence-electron chi connectivity index (χ0n) is 22.0. The van der Waals surface area contributed by atoms with Crippen molar-refractivity contribution in [2.24, 2.45) is 5.92 Å². The summed E-state index contributed by atoms with van der Waals surface area (Å²) in [6.07, 6.45) is 6.12. The van der Waals surface area contributed by atoms with Gasteiger partial charge in [0.25, 0.3) is 5.91 Å². The van der Waals surface area contributed by atoms with E-state index in [2.05, 4.69) is 19.9 Å². The Labute approximate surface area is 228 Å². The van der Waals surface area contributed by atoms with Crippen LogP contribution in [0.25, 0.3) is 33.8 Å². The fourth-order valence-electron chi connectivity index (χ4n) is 6.16. The Morgan fingerprint density at radius 3 is 2.58 bits per heavy atom. The molecule has 0 bridgehead atoms. The lowest BCUT2D eigenvalue weighted by Crippen LogP contribution is -2.53. The Morgan fingerprint density at radius 2 is 1.88 bits per heavy atom. The average molecular weight is 539 g/mol. The molecule has 1 saturated carbocycles. The van der Waals surface area contributed by atoms with Crippen molar-refractivity contribution in [2.45, 2.75) is 51.6 Å². The number of carbonyl (C=O) groups excluding carboxylic acids is 2. The summed E-state index contributed by atoms with van der Waals surface area (Å²) in [5.74, 6) is 0.536. The molecule has 12 heteroatoms. The van der Waals surface area contributed by atoms with Gasteiger partial charge in [0.15, 0.2) is 5.65 Å². The van der Waals surface area contributed by atoms with Crippen molar-refractivity contribution in [1.29, 1.82) is 0 Å². The number of likely N-dealkylation sites (tertiary alicyclic amines) is 1. The standard InChI is InChI=1S/C28H26N8O4/c1-3-34-23(18-12-29-15(2)30-13-18)33-22-21(31-14-32-24(22)34)17-7-8-20-19(11-17)28(26(38)36(20)27(39)40)9-4-10-35(28)25(37)16-5-6-16/h7-8,11-14,16H,3-6,9-10H2,1-2H3,(H,39,40). The molecule has 4 aromatic rings. The maximum atomic E-state index is 13.8. The van der Waals surface area contributed by atoms with Crippen LogP contribution in [-0.4, -0.2) is 63.9 Å². The van der Waals surface area contributed by atoms with Crippen LogP contribution in [0.4, 0.5) is 10.5 Å². The van der Waals surface area contributed by atoms with Crippen molar-refractivity contribution in [3.63, 3.8) is 0 Å². The minimum Gasteiger partial charge on any atom is -0.464 e. The lowest BCUT2D eigenvalue weighted by atomic mass is 9.86. The largest absolute Gasteiger partial charge is 0.464 e. The number of aromatic nitrogens is 6. The molecule has 3 aliphatic rings. The third-order valence-electron chi connectivity index (χ3n) is 8.17. The van der Waals surface area contributed by atoms with Crippen LogP contribution in [0, 0.1) is 12.8 Å². The molecule has 7 rings (SSSR count). The summed E-state index contributed by atoms with van der Waals surface area (Å²) in [5, 5.41) is 9.99. The third kappa shape index (κ3) is 3.31. The number of carboxylic acid groups (broad SMARTS) is 1. The second-order valence-electron chi connectivity index (χ2n) is 10.5. The number of hydrogen-bond acceptors (Lipinski definition) is 8. The van der Waals surface area contributed by atoms with Gasteiger partial charge in [0.1, 0.15) is 34.7 Å². The first-order valence-electron chi connectivity index (χ1n) is 13.4. The number of nitrogens with zero attached hydrogens (tertiary/aromatic N) is 8. The fourth-order valence-corrected chi connectivity index (χ4v) is 6.16. The number of aryl methyl sites for hydroxylation is 2. The first-order chi connectivity index (χ1) is 19.3. The average Bonchev–Trinajstić information content (AvgIpc) is 3.52. The zero-order chi connectivity index (χ0) is 27.8. The number of benzene rings is 1. The van der Waals surface area contributed by atoms with Gasteiger partial charge < -0.3 is 14.6 Å². The predicted molar refractivity (Wildman–Crippen MR) is 143 cm³/mol. The van der Waals surface area contributed by atoms with E-state index in [-0.39, 0.29) is 17.5 Å². The highest BCUT2D eigenvalue weighted by atomic mass is 16.4. The number of fused-ring (bicyclic) bond motifs is 3. The molecule has 3 amide bonds. The highest BCUT2D eigenvalue weighted by Crippen LogP contribution is 2.52. The van der Waals surface area contributed by atoms with Crippen molar-refractivity contribution in [1.82, 2.24) is 34.4 Å². The molecule has 3 aromatic heterocycles. The van der Waals surface area contributed by atoms with Gasteiger partial charge >= 0.3 is 6.09 Å². The van der Waals surface area contributed by atoms with E-state index in [4.69, 9.17) is 4.98 Å². The molecule has 40 heavy (non-hydrogen) atoms. The molecule has 12 nitrogen and oxygen atoms in total. The van der Waals surface area contributed by atoms with E-state index in [0.29, 0.717) is 65.6 Å². The lowest BCUT2D eigenvalue weighted by Gasteiger charge is -2.34. The van der Waals surface area contributed by atoms with E-state index < -0.39 is 17.5 Å². The van der Waals surface area contributed by atoms with E-state index in [1.165, 1.54) is 6.33 Å². The van der Waals surface area contributed by atoms with E-state index in [1.54, 1.807) is 35.5 Å². The molecule has 1 spiro atoms. The van der Waals surface area contributed by atoms with Gasteiger partial charge in [0, 0.05) is 42.5 Å². The summed E-state index contributed by atoms with van der Waals surface area (Å²) >= 11 is 0. The van der Waals surface area contributed by atoms with Crippen LogP contribution >= 0.6 is 0 Å². The van der Waals surface area contributed by atoms with Crippen molar-refractivity contribution in [3.05, 3.63) is 48.3 Å². The fraction of sp³-hybridized carbons (Fsp3) is 0.357. The minimum atomic E-state index is -1.36. The maximum Gasteiger partial charge on any atom is 0.418 e. The molecule has 1 atom stereocenters. The van der Waals surface area contributed by atoms with Gasteiger partial charge in [-0.1, -0.05) is 6.07 Å². The molecular formula is C28H26N8O4. The maximum absolute atomic E-state index is 13.8. The lowest BCUT2D eigenvalue weighted by molar-refractivity contribution is -0.144. The Kier molecular flexibility index (Phi) is 5.25. The van der Waals surface area contributed by atoms with Gasteiger partial charge in [-0.2, -0.15) is 0 Å². The van der Waals surface area contributed by atoms with E-state index in [1.807, 2.05) is 18.4 Å². The monoisotopic (exact) mass is 538 g/mol. The van der Waals surface area contributed by atoms with Gasteiger partial charge in [-0.05, 0) is 51.7 Å². The molecule has 1 saturated heterocycles. The van der Waals surface area contributed by atoms with E-state index in [0.717, 1.165) is 23.3 Å². The second-order valence-corrected chi connectivity index (χ2v) is 10.5. The number of rotatable bonds is 4. The van der Waals surface area contributed by atoms with Crippen molar-refractivity contribution < 1.29 is 19.5 Å². The molecule has 2 fully saturated rings. The van der Waals surface area contributed by atoms with Crippen LogP contribution in [0.3, 0.4) is 0 Å². The van der Waals surface area contributed by atoms with E-state index >= 15 is 0 Å². The molecule has 5 heterocycles. The molecule has 1 N–H and O–H groups in total. The number of anilines is 1. The van der Waals surface area contributed by atoms with Crippen molar-refractivity contribution >= 4 is 34.8 Å². The van der Waals surface area contributed by atoms with Crippen LogP contribution in [-0.2, 0) is 21.7 Å². The SMILES string of the molecule is CCn1c(-c2cnc(C)nc2)nc2c(-c3ccc4c(c3)C3(CCCN3C(=O)C3CC3)C(=O)N4C(=O)O)ncnc21. The number of hydrogen-bond donors (Lipinski definition) is 1. The Bertz CT molecular complexity index is 1730. The minimum absolute atomic E-state index is 0.0782. The number of carbonyl (C=O) groups is 3. The van der Waals surface area contributed by atoms with E-state index in [9.17, 15) is 19.5 Å². The molecular weight excluding hydrogens is 512 g/mol. The molecule has 2 aliphatic heterocycles. The Hall–Kier alpha value is -4.74. The molecule has 1 aliphatic carbocycles. The number of imidazole rings is 1. The highest BCUT2D eigenvalue weighted by Gasteiger charge is 2.61. The molecule has 202 valence electrons. The van der Waals surface area contributed by atoms with Crippen LogP contribution in [0.15, 0.2) is 36.9 Å². The van der Waals surface area contributed by atoms with Crippen LogP contribution in [0.5, 0.6) is 0 Å². The summed E-state index contributed by atoms with van der Waals surface area (Å²) in [6.45, 7) is 4.83. The summed E-state index contributed by atoms with van der Waals surface area (Å²) in [7, 11) is 0. The van der Waals surface area contributed by atoms with Crippen LogP contribution < -0.4 is 4.90 Å². The topological polar surface area (TPSA) is 147 Å². The van der Waals surface area contributed by atoms with Gasteiger partial charge in [-0.15, -0.1) is 0 Å². The number of amides is 3. The van der Waals surface area contributed by atoms with Crippen molar-refractivity contribution in [2.75, 3.05) is 11.4 Å². The van der Waals surface area contributed by atoms with Gasteiger partial charge in [0.2, 0.25) is 5.91 Å². The highest BCUT2D eigenvalue weighted by molar-refractivity contribution is 6.21. The molecule has 0 radical (unpaired) electrons. The summed E-state index contributed by atoms with van der Waals surface area (Å²) < 4.78 is 1.96. The third-order valence-corrected chi connectivity index (χ3v) is 8.17. The smallest absolute Gasteiger partial charge is 0.418 e. The van der Waals surface area contributed by atoms with Crippen LogP contribution in [0.2, 0.25) is 0 Å². The first-order valence-corrected chi connectivity index (χ1v) is 13.4. The predicted octanol–water partition coefficient (Wildman–Crippen LogP) is 3.53. The summed E-state index contributed by atoms with van der Waals surface area (Å²) in [5.41, 5.74) is 2.58. The summed E-state index contributed by atoms with van der Waals surface area (Å²) in [6, 6.07) is 5.17. The summed E-state index contributed by atoms with van der Waals surface area (Å²) in [4.78, 5) is 64.4. The zero-order valence-corrected chi connectivity index (χ0v) is 22.0. The van der Waals surface area contributed by atoms with Gasteiger partial charge in [0.05, 0.1) is 11.3 Å². The Balaban J connectivity index is 1.41. The van der Waals surface area contributed by atoms with Gasteiger partial charge in [-0.3, -0.25) is 9.59 Å². The Morgan fingerprint density at radius 1 is 1.10 bits per heavy atom. The first kappa shape index (κ1) is 24.3. The molecule has 1 unspecified atom stereocenters. The van der Waals surface area contributed by atoms with Crippen LogP contribution in [0.1, 0.15) is 44.0 Å².